The Morgan fingerprint density at radius 3 is 1.10 bits per heavy atom. The van der Waals surface area contributed by atoms with Gasteiger partial charge in [-0.2, -0.15) is 6.20 Å². The molecule has 0 radical (unpaired) electrons. The molecule has 0 bridgehead atoms. The molecule has 4 heterocycles. The van der Waals surface area contributed by atoms with Crippen LogP contribution in [0.5, 0.6) is 0 Å². The molecule has 0 aliphatic carbocycles. The third-order valence-corrected chi connectivity index (χ3v) is 3.02. The van der Waals surface area contributed by atoms with Gasteiger partial charge in [-0.05, 0) is 0 Å². The summed E-state index contributed by atoms with van der Waals surface area (Å²) in [5.41, 5.74) is 0. The maximum absolute atomic E-state index is 4.08. The average Bonchev–Trinajstić information content (AvgIpc) is 3.40. The summed E-state index contributed by atoms with van der Waals surface area (Å²) in [7, 11) is 0. The fourth-order valence-electron chi connectivity index (χ4n) is 1.87. The van der Waals surface area contributed by atoms with Crippen LogP contribution in [0.1, 0.15) is 38.5 Å². The number of nitrogens with zero attached hydrogens (tertiary/aromatic N) is 5. The molecule has 0 N–H and O–H groups in total. The van der Waals surface area contributed by atoms with Crippen molar-refractivity contribution in [3.05, 3.63) is 34.4 Å². The predicted molar refractivity (Wildman–Crippen MR) is 84.5 cm³/mol. The summed E-state index contributed by atoms with van der Waals surface area (Å²) in [6.45, 7) is 6.75. The molecule has 6 heteroatoms. The molecule has 116 valence electrons. The summed E-state index contributed by atoms with van der Waals surface area (Å²) in [6.07, 6.45) is 11.3. The topological polar surface area (TPSA) is 69.3 Å². The van der Waals surface area contributed by atoms with Crippen LogP contribution in [0.2, 0.25) is 0 Å². The van der Waals surface area contributed by atoms with Gasteiger partial charge < -0.3 is 26.1 Å². The summed E-state index contributed by atoms with van der Waals surface area (Å²) < 4.78 is 0. The molecule has 3 aliphatic rings. The standard InChI is InChI=1S/3C4H8N.C3H3N2.Ti/c4*1-2-4-5-3-1;/h3*1-4H2;1-3H;/q4*-1;+4. The molecular weight excluding hydrogens is 298 g/mol. The molecule has 5 nitrogen and oxygen atoms in total. The van der Waals surface area contributed by atoms with Crippen molar-refractivity contribution in [2.24, 2.45) is 0 Å². The Morgan fingerprint density at radius 2 is 1.00 bits per heavy atom. The number of aromatic nitrogens is 2. The van der Waals surface area contributed by atoms with Crippen molar-refractivity contribution in [3.8, 4) is 0 Å². The molecule has 0 spiro atoms. The zero-order valence-corrected chi connectivity index (χ0v) is 14.5. The van der Waals surface area contributed by atoms with Crippen molar-refractivity contribution in [3.63, 3.8) is 0 Å². The quantitative estimate of drug-likeness (QED) is 0.685. The van der Waals surface area contributed by atoms with Gasteiger partial charge in [0.1, 0.15) is 0 Å². The average molecular weight is 325 g/mol. The maximum atomic E-state index is 4.08. The minimum Gasteiger partial charge on any atom is -0.662 e. The van der Waals surface area contributed by atoms with E-state index >= 15 is 0 Å². The van der Waals surface area contributed by atoms with E-state index in [9.17, 15) is 0 Å². The first kappa shape index (κ1) is 20.8. The largest absolute Gasteiger partial charge is 4.00 e. The predicted octanol–water partition coefficient (Wildman–Crippen LogP) is 3.50. The van der Waals surface area contributed by atoms with Gasteiger partial charge in [-0.25, -0.2) is 0 Å². The van der Waals surface area contributed by atoms with Gasteiger partial charge in [-0.1, -0.05) is 44.6 Å². The zero-order valence-electron chi connectivity index (χ0n) is 13.0. The van der Waals surface area contributed by atoms with Gasteiger partial charge in [0.25, 0.3) is 0 Å². The molecule has 3 fully saturated rings. The van der Waals surface area contributed by atoms with Crippen LogP contribution in [-0.4, -0.2) is 44.4 Å². The van der Waals surface area contributed by atoms with Gasteiger partial charge >= 0.3 is 21.7 Å². The van der Waals surface area contributed by atoms with E-state index in [1.54, 1.807) is 18.5 Å². The van der Waals surface area contributed by atoms with E-state index in [0.29, 0.717) is 0 Å². The molecule has 0 amide bonds. The Morgan fingerprint density at radius 1 is 0.619 bits per heavy atom. The Kier molecular flexibility index (Phi) is 17.7. The van der Waals surface area contributed by atoms with Crippen LogP contribution in [0.25, 0.3) is 16.0 Å². The molecule has 3 aliphatic heterocycles. The fraction of sp³-hybridized carbons (Fsp3) is 0.800. The first-order valence-electron chi connectivity index (χ1n) is 7.78. The normalized spacial score (nSPS) is 19.0. The van der Waals surface area contributed by atoms with E-state index in [1.807, 2.05) is 0 Å². The monoisotopic (exact) mass is 325 g/mol. The van der Waals surface area contributed by atoms with Crippen molar-refractivity contribution >= 4 is 0 Å². The fourth-order valence-corrected chi connectivity index (χ4v) is 1.87. The van der Waals surface area contributed by atoms with Crippen LogP contribution < -0.4 is 5.10 Å². The number of hydrogen-bond acceptors (Lipinski definition) is 1. The SMILES string of the molecule is C1CC[N-]C1.C1CC[N-]C1.C1CC[N-]C1.[Ti+4].c1cn[n-]c1. The minimum atomic E-state index is 0. The van der Waals surface area contributed by atoms with E-state index in [4.69, 9.17) is 0 Å². The number of hydrogen-bond donors (Lipinski definition) is 0. The molecule has 0 aromatic carbocycles. The van der Waals surface area contributed by atoms with Crippen LogP contribution in [0.15, 0.2) is 18.5 Å². The van der Waals surface area contributed by atoms with Crippen molar-refractivity contribution < 1.29 is 21.7 Å². The maximum Gasteiger partial charge on any atom is 4.00 e. The second-order valence-corrected chi connectivity index (χ2v) is 4.86. The van der Waals surface area contributed by atoms with Crippen molar-refractivity contribution in [2.45, 2.75) is 38.5 Å². The van der Waals surface area contributed by atoms with Crippen LogP contribution in [-0.2, 0) is 21.7 Å². The summed E-state index contributed by atoms with van der Waals surface area (Å²) in [4.78, 5) is 0. The van der Waals surface area contributed by atoms with Gasteiger partial charge in [0.15, 0.2) is 0 Å². The summed E-state index contributed by atoms with van der Waals surface area (Å²) in [6, 6.07) is 1.78. The molecule has 0 saturated carbocycles. The molecule has 3 saturated heterocycles. The van der Waals surface area contributed by atoms with Crippen LogP contribution in [0.3, 0.4) is 0 Å². The Labute approximate surface area is 144 Å². The van der Waals surface area contributed by atoms with E-state index in [1.165, 1.54) is 38.5 Å². The van der Waals surface area contributed by atoms with Gasteiger partial charge in [0.05, 0.1) is 0 Å². The van der Waals surface area contributed by atoms with Crippen molar-refractivity contribution in [2.75, 3.05) is 39.3 Å². The molecule has 4 rings (SSSR count). The summed E-state index contributed by atoms with van der Waals surface area (Å²) in [5, 5.41) is 19.2. The minimum absolute atomic E-state index is 0. The Hall–Kier alpha value is -0.196. The van der Waals surface area contributed by atoms with Crippen LogP contribution in [0, 0.1) is 0 Å². The van der Waals surface area contributed by atoms with Gasteiger partial charge in [0, 0.05) is 6.20 Å². The van der Waals surface area contributed by atoms with Gasteiger partial charge in [-0.15, -0.1) is 39.3 Å². The molecular formula is C15H27N5Ti. The Balaban J connectivity index is 0.000000250. The number of rotatable bonds is 0. The first-order valence-corrected chi connectivity index (χ1v) is 7.78. The van der Waals surface area contributed by atoms with Crippen molar-refractivity contribution in [1.82, 2.24) is 10.2 Å². The third kappa shape index (κ3) is 16.0. The van der Waals surface area contributed by atoms with E-state index in [0.717, 1.165) is 39.3 Å². The molecule has 0 atom stereocenters. The van der Waals surface area contributed by atoms with Crippen molar-refractivity contribution in [1.29, 1.82) is 0 Å². The van der Waals surface area contributed by atoms with E-state index in [-0.39, 0.29) is 21.7 Å². The molecule has 21 heavy (non-hydrogen) atoms. The van der Waals surface area contributed by atoms with Gasteiger partial charge in [-0.3, -0.25) is 0 Å². The zero-order chi connectivity index (χ0) is 14.1. The molecule has 0 unspecified atom stereocenters. The summed E-state index contributed by atoms with van der Waals surface area (Å²) >= 11 is 0. The van der Waals surface area contributed by atoms with Crippen LogP contribution >= 0.6 is 0 Å². The van der Waals surface area contributed by atoms with Crippen LogP contribution in [0.4, 0.5) is 0 Å². The van der Waals surface area contributed by atoms with Gasteiger partial charge in [0.2, 0.25) is 0 Å². The van der Waals surface area contributed by atoms with E-state index in [2.05, 4.69) is 26.1 Å². The molecule has 1 aromatic heterocycles. The summed E-state index contributed by atoms with van der Waals surface area (Å²) in [5.74, 6) is 0. The molecule has 1 aromatic rings. The van der Waals surface area contributed by atoms with E-state index < -0.39 is 0 Å². The second-order valence-electron chi connectivity index (χ2n) is 4.86. The Bertz CT molecular complexity index is 193. The third-order valence-electron chi connectivity index (χ3n) is 3.02. The first-order chi connectivity index (χ1) is 10.0. The smallest absolute Gasteiger partial charge is 0.662 e. The second kappa shape index (κ2) is 17.9.